The van der Waals surface area contributed by atoms with E-state index >= 15 is 0 Å². The van der Waals surface area contributed by atoms with Crippen molar-refractivity contribution in [1.82, 2.24) is 0 Å². The largest absolute Gasteiger partial charge is 0.466 e. The van der Waals surface area contributed by atoms with Crippen molar-refractivity contribution in [2.24, 2.45) is 5.92 Å². The Labute approximate surface area is 109 Å². The molecule has 0 saturated heterocycles. The Bertz CT molecular complexity index is 347. The zero-order valence-electron chi connectivity index (χ0n) is 11.1. The summed E-state index contributed by atoms with van der Waals surface area (Å²) in [5, 5.41) is 0. The fourth-order valence-electron chi connectivity index (χ4n) is 1.50. The van der Waals surface area contributed by atoms with Crippen molar-refractivity contribution in [2.45, 2.75) is 32.6 Å². The number of hydrogen-bond donors (Lipinski definition) is 0. The molecule has 0 rings (SSSR count). The van der Waals surface area contributed by atoms with E-state index < -0.39 is 10.1 Å². The maximum Gasteiger partial charge on any atom is 0.309 e. The van der Waals surface area contributed by atoms with Crippen LogP contribution in [0.2, 0.25) is 0 Å². The molecule has 0 radical (unpaired) electrons. The number of rotatable bonds is 10. The third-order valence-electron chi connectivity index (χ3n) is 2.32. The molecular formula is C12H22O5S. The molecule has 0 aromatic rings. The summed E-state index contributed by atoms with van der Waals surface area (Å²) in [5.74, 6) is -0.415. The third-order valence-corrected chi connectivity index (χ3v) is 2.91. The van der Waals surface area contributed by atoms with Crippen molar-refractivity contribution < 1.29 is 22.1 Å². The van der Waals surface area contributed by atoms with Gasteiger partial charge in [-0.2, -0.15) is 8.42 Å². The first-order chi connectivity index (χ1) is 8.40. The maximum atomic E-state index is 11.6. The van der Waals surface area contributed by atoms with E-state index in [0.717, 1.165) is 6.26 Å². The Kier molecular flexibility index (Phi) is 8.66. The summed E-state index contributed by atoms with van der Waals surface area (Å²) in [7, 11) is -3.37. The first-order valence-corrected chi connectivity index (χ1v) is 7.84. The Morgan fingerprint density at radius 3 is 2.56 bits per heavy atom. The quantitative estimate of drug-likeness (QED) is 0.264. The van der Waals surface area contributed by atoms with E-state index in [-0.39, 0.29) is 18.5 Å². The number of carbonyl (C=O) groups is 1. The highest BCUT2D eigenvalue weighted by Crippen LogP contribution is 2.15. The lowest BCUT2D eigenvalue weighted by Crippen LogP contribution is -2.17. The molecule has 0 aromatic carbocycles. The number of unbranched alkanes of at least 4 members (excludes halogenated alkanes) is 1. The molecule has 0 N–H and O–H groups in total. The topological polar surface area (TPSA) is 69.7 Å². The number of hydrogen-bond acceptors (Lipinski definition) is 5. The molecular weight excluding hydrogens is 256 g/mol. The summed E-state index contributed by atoms with van der Waals surface area (Å²) < 4.78 is 31.0. The summed E-state index contributed by atoms with van der Waals surface area (Å²) in [5.41, 5.74) is 0. The van der Waals surface area contributed by atoms with Gasteiger partial charge in [-0.3, -0.25) is 8.98 Å². The van der Waals surface area contributed by atoms with Crippen LogP contribution in [0.3, 0.4) is 0 Å². The zero-order chi connectivity index (χ0) is 14.0. The van der Waals surface area contributed by atoms with Gasteiger partial charge in [0.2, 0.25) is 0 Å². The van der Waals surface area contributed by atoms with Gasteiger partial charge in [0.05, 0.1) is 25.4 Å². The monoisotopic (exact) mass is 278 g/mol. The fraction of sp³-hybridized carbons (Fsp3) is 0.750. The molecule has 6 heteroatoms. The van der Waals surface area contributed by atoms with Crippen molar-refractivity contribution in [2.75, 3.05) is 19.5 Å². The molecule has 0 heterocycles. The summed E-state index contributed by atoms with van der Waals surface area (Å²) >= 11 is 0. The number of carbonyl (C=O) groups excluding carboxylic acids is 1. The van der Waals surface area contributed by atoms with E-state index in [1.165, 1.54) is 0 Å². The van der Waals surface area contributed by atoms with E-state index in [1.54, 1.807) is 13.0 Å². The molecule has 0 bridgehead atoms. The van der Waals surface area contributed by atoms with Crippen molar-refractivity contribution in [3.8, 4) is 0 Å². The lowest BCUT2D eigenvalue weighted by Gasteiger charge is -2.13. The molecule has 0 aromatic heterocycles. The fourth-order valence-corrected chi connectivity index (χ4v) is 1.92. The van der Waals surface area contributed by atoms with E-state index in [9.17, 15) is 13.2 Å². The predicted octanol–water partition coefficient (Wildman–Crippen LogP) is 1.89. The summed E-state index contributed by atoms with van der Waals surface area (Å²) in [6.45, 7) is 5.89. The highest BCUT2D eigenvalue weighted by Gasteiger charge is 2.17. The lowest BCUT2D eigenvalue weighted by molar-refractivity contribution is -0.148. The van der Waals surface area contributed by atoms with Gasteiger partial charge in [0.25, 0.3) is 10.1 Å². The van der Waals surface area contributed by atoms with E-state index in [4.69, 9.17) is 4.74 Å². The summed E-state index contributed by atoms with van der Waals surface area (Å²) in [6, 6.07) is 0. The highest BCUT2D eigenvalue weighted by atomic mass is 32.2. The first kappa shape index (κ1) is 17.1. The molecule has 0 aliphatic rings. The van der Waals surface area contributed by atoms with Gasteiger partial charge in [0.15, 0.2) is 0 Å². The summed E-state index contributed by atoms with van der Waals surface area (Å²) in [6.07, 6.45) is 5.25. The predicted molar refractivity (Wildman–Crippen MR) is 69.6 cm³/mol. The molecule has 5 nitrogen and oxygen atoms in total. The van der Waals surface area contributed by atoms with Crippen LogP contribution < -0.4 is 0 Å². The molecule has 0 amide bonds. The zero-order valence-corrected chi connectivity index (χ0v) is 11.9. The van der Waals surface area contributed by atoms with Gasteiger partial charge in [0.1, 0.15) is 0 Å². The van der Waals surface area contributed by atoms with Crippen LogP contribution in [0.5, 0.6) is 0 Å². The van der Waals surface area contributed by atoms with Crippen LogP contribution in [0.15, 0.2) is 12.7 Å². The second-order valence-corrected chi connectivity index (χ2v) is 5.64. The normalized spacial score (nSPS) is 13.0. The van der Waals surface area contributed by atoms with E-state index in [1.807, 2.05) is 0 Å². The van der Waals surface area contributed by atoms with Gasteiger partial charge in [-0.1, -0.05) is 12.5 Å². The van der Waals surface area contributed by atoms with Crippen molar-refractivity contribution in [3.05, 3.63) is 12.7 Å². The van der Waals surface area contributed by atoms with Crippen LogP contribution in [-0.4, -0.2) is 33.9 Å². The molecule has 0 spiro atoms. The molecule has 0 aliphatic heterocycles. The first-order valence-electron chi connectivity index (χ1n) is 6.02. The van der Waals surface area contributed by atoms with Crippen LogP contribution in [0.25, 0.3) is 0 Å². The van der Waals surface area contributed by atoms with Crippen LogP contribution in [0.4, 0.5) is 0 Å². The van der Waals surface area contributed by atoms with Crippen molar-refractivity contribution >= 4 is 16.1 Å². The average molecular weight is 278 g/mol. The average Bonchev–Trinajstić information content (AvgIpc) is 2.26. The van der Waals surface area contributed by atoms with Crippen LogP contribution >= 0.6 is 0 Å². The Hall–Kier alpha value is -0.880. The van der Waals surface area contributed by atoms with E-state index in [0.29, 0.717) is 32.3 Å². The maximum absolute atomic E-state index is 11.6. The smallest absolute Gasteiger partial charge is 0.309 e. The van der Waals surface area contributed by atoms with Crippen LogP contribution in [-0.2, 0) is 23.8 Å². The minimum absolute atomic E-state index is 0.155. The SMILES string of the molecule is C=CCC(CCCCOS(C)(=O)=O)C(=O)OCC. The number of ether oxygens (including phenoxy) is 1. The molecule has 1 atom stereocenters. The van der Waals surface area contributed by atoms with Crippen LogP contribution in [0.1, 0.15) is 32.6 Å². The second kappa shape index (κ2) is 9.10. The molecule has 106 valence electrons. The standard InChI is InChI=1S/C12H22O5S/c1-4-8-11(12(13)16-5-2)9-6-7-10-17-18(3,14)15/h4,11H,1,5-10H2,2-3H3. The molecule has 1 unspecified atom stereocenters. The Balaban J connectivity index is 3.90. The van der Waals surface area contributed by atoms with Gasteiger partial charge in [0, 0.05) is 0 Å². The Morgan fingerprint density at radius 1 is 1.39 bits per heavy atom. The second-order valence-electron chi connectivity index (χ2n) is 4.00. The minimum atomic E-state index is -3.37. The summed E-state index contributed by atoms with van der Waals surface area (Å²) in [4.78, 5) is 11.6. The van der Waals surface area contributed by atoms with E-state index in [2.05, 4.69) is 10.8 Å². The van der Waals surface area contributed by atoms with Gasteiger partial charge in [-0.15, -0.1) is 6.58 Å². The van der Waals surface area contributed by atoms with Gasteiger partial charge in [-0.05, 0) is 26.2 Å². The molecule has 18 heavy (non-hydrogen) atoms. The lowest BCUT2D eigenvalue weighted by atomic mass is 9.99. The molecule has 0 saturated carbocycles. The number of esters is 1. The van der Waals surface area contributed by atoms with Gasteiger partial charge < -0.3 is 4.74 Å². The highest BCUT2D eigenvalue weighted by molar-refractivity contribution is 7.85. The third kappa shape index (κ3) is 9.18. The molecule has 0 fully saturated rings. The molecule has 0 aliphatic carbocycles. The Morgan fingerprint density at radius 2 is 2.06 bits per heavy atom. The van der Waals surface area contributed by atoms with Crippen molar-refractivity contribution in [1.29, 1.82) is 0 Å². The van der Waals surface area contributed by atoms with Crippen molar-refractivity contribution in [3.63, 3.8) is 0 Å². The van der Waals surface area contributed by atoms with Gasteiger partial charge in [-0.25, -0.2) is 0 Å². The minimum Gasteiger partial charge on any atom is -0.466 e. The van der Waals surface area contributed by atoms with Crippen LogP contribution in [0, 0.1) is 5.92 Å². The van der Waals surface area contributed by atoms with Gasteiger partial charge >= 0.3 is 5.97 Å². The number of allylic oxidation sites excluding steroid dienone is 1.